The normalized spacial score (nSPS) is 17.5. The largest absolute Gasteiger partial charge is 0.459 e. The molecule has 0 bridgehead atoms. The summed E-state index contributed by atoms with van der Waals surface area (Å²) < 4.78 is 44.3. The van der Waals surface area contributed by atoms with Gasteiger partial charge in [-0.05, 0) is 58.8 Å². The van der Waals surface area contributed by atoms with Gasteiger partial charge in [0.1, 0.15) is 5.60 Å². The van der Waals surface area contributed by atoms with Crippen molar-refractivity contribution in [3.05, 3.63) is 0 Å². The van der Waals surface area contributed by atoms with Crippen LogP contribution < -0.4 is 0 Å². The van der Waals surface area contributed by atoms with Gasteiger partial charge in [0.05, 0.1) is 11.3 Å². The molecule has 1 fully saturated rings. The zero-order valence-electron chi connectivity index (χ0n) is 17.5. The molecule has 1 aliphatic carbocycles. The molecule has 0 heterocycles. The molecule has 1 saturated carbocycles. The van der Waals surface area contributed by atoms with E-state index in [1.54, 1.807) is 6.92 Å². The minimum Gasteiger partial charge on any atom is -0.459 e. The molecule has 27 heavy (non-hydrogen) atoms. The van der Waals surface area contributed by atoms with Crippen LogP contribution in [0.25, 0.3) is 0 Å². The Bertz CT molecular complexity index is 466. The number of hydrogen-bond acceptors (Lipinski definition) is 4. The van der Waals surface area contributed by atoms with Gasteiger partial charge >= 0.3 is 18.1 Å². The summed E-state index contributed by atoms with van der Waals surface area (Å²) in [6, 6.07) is 0. The number of alkyl halides is 3. The van der Waals surface area contributed by atoms with Gasteiger partial charge in [-0.25, -0.2) is 0 Å². The van der Waals surface area contributed by atoms with Crippen molar-refractivity contribution in [2.75, 3.05) is 6.61 Å². The molecule has 0 aromatic carbocycles. The fraction of sp³-hybridized carbons (Fsp3) is 0.900. The highest BCUT2D eigenvalue weighted by Gasteiger charge is 2.39. The minimum atomic E-state index is -4.43. The molecular formula is C20H35F3O4. The van der Waals surface area contributed by atoms with Crippen LogP contribution in [0.3, 0.4) is 0 Å². The summed E-state index contributed by atoms with van der Waals surface area (Å²) in [5.74, 6) is -1.28. The van der Waals surface area contributed by atoms with E-state index in [1.807, 2.05) is 20.8 Å². The van der Waals surface area contributed by atoms with Crippen LogP contribution in [0.15, 0.2) is 0 Å². The summed E-state index contributed by atoms with van der Waals surface area (Å²) in [7, 11) is 0. The Balaban J connectivity index is 0.000000516. The molecule has 0 radical (unpaired) electrons. The Morgan fingerprint density at radius 3 is 1.96 bits per heavy atom. The average Bonchev–Trinajstić information content (AvgIpc) is 3.07. The third-order valence-electron chi connectivity index (χ3n) is 5.30. The number of carbonyl (C=O) groups is 2. The first-order valence-electron chi connectivity index (χ1n) is 9.79. The summed E-state index contributed by atoms with van der Waals surface area (Å²) >= 11 is 0. The van der Waals surface area contributed by atoms with Crippen molar-refractivity contribution in [2.24, 2.45) is 11.3 Å². The molecule has 1 unspecified atom stereocenters. The van der Waals surface area contributed by atoms with Gasteiger partial charge in [0.25, 0.3) is 0 Å². The highest BCUT2D eigenvalue weighted by molar-refractivity contribution is 5.76. The summed E-state index contributed by atoms with van der Waals surface area (Å²) in [6.07, 6.45) is 2.36. The van der Waals surface area contributed by atoms with Crippen molar-refractivity contribution in [1.29, 1.82) is 0 Å². The van der Waals surface area contributed by atoms with Gasteiger partial charge in [-0.15, -0.1) is 0 Å². The number of rotatable bonds is 7. The molecule has 0 aliphatic heterocycles. The van der Waals surface area contributed by atoms with Gasteiger partial charge in [-0.1, -0.05) is 27.7 Å². The smallest absolute Gasteiger partial charge is 0.422 e. The Morgan fingerprint density at radius 1 is 1.07 bits per heavy atom. The Morgan fingerprint density at radius 2 is 1.59 bits per heavy atom. The number of halogens is 3. The highest BCUT2D eigenvalue weighted by atomic mass is 19.4. The number of ether oxygens (including phenoxy) is 2. The van der Waals surface area contributed by atoms with Crippen LogP contribution in [-0.2, 0) is 19.1 Å². The van der Waals surface area contributed by atoms with E-state index in [1.165, 1.54) is 19.8 Å². The van der Waals surface area contributed by atoms with Crippen LogP contribution in [0.4, 0.5) is 13.2 Å². The highest BCUT2D eigenvalue weighted by Crippen LogP contribution is 2.38. The number of carbonyl (C=O) groups excluding carboxylic acids is 2. The lowest BCUT2D eigenvalue weighted by Gasteiger charge is -2.32. The molecule has 0 saturated heterocycles. The molecule has 0 spiro atoms. The maximum Gasteiger partial charge on any atom is 0.422 e. The van der Waals surface area contributed by atoms with E-state index in [4.69, 9.17) is 4.74 Å². The van der Waals surface area contributed by atoms with Crippen molar-refractivity contribution in [2.45, 2.75) is 98.3 Å². The summed E-state index contributed by atoms with van der Waals surface area (Å²) in [5, 5.41) is 0. The SMILES string of the molecule is CCC(C)C(=O)OCC(F)(F)F.CCC1(OC(=O)C(C)(C)CC)CCCC1. The first-order chi connectivity index (χ1) is 12.3. The van der Waals surface area contributed by atoms with Crippen LogP contribution in [0.1, 0.15) is 86.5 Å². The van der Waals surface area contributed by atoms with Crippen LogP contribution in [0, 0.1) is 11.3 Å². The Hall–Kier alpha value is -1.27. The Kier molecular flexibility index (Phi) is 10.4. The maximum absolute atomic E-state index is 12.0. The van der Waals surface area contributed by atoms with Gasteiger partial charge in [0.2, 0.25) is 0 Å². The van der Waals surface area contributed by atoms with Crippen LogP contribution in [-0.4, -0.2) is 30.3 Å². The second-order valence-electron chi connectivity index (χ2n) is 7.90. The van der Waals surface area contributed by atoms with Crippen molar-refractivity contribution in [1.82, 2.24) is 0 Å². The predicted octanol–water partition coefficient (Wildman–Crippen LogP) is 5.83. The molecule has 1 atom stereocenters. The molecular weight excluding hydrogens is 361 g/mol. The van der Waals surface area contributed by atoms with Crippen molar-refractivity contribution in [3.63, 3.8) is 0 Å². The van der Waals surface area contributed by atoms with Gasteiger partial charge < -0.3 is 9.47 Å². The van der Waals surface area contributed by atoms with Crippen LogP contribution in [0.5, 0.6) is 0 Å². The van der Waals surface area contributed by atoms with Gasteiger partial charge in [0.15, 0.2) is 6.61 Å². The molecule has 7 heteroatoms. The van der Waals surface area contributed by atoms with Crippen molar-refractivity contribution < 1.29 is 32.2 Å². The summed E-state index contributed by atoms with van der Waals surface area (Å²) in [4.78, 5) is 22.7. The van der Waals surface area contributed by atoms with E-state index in [2.05, 4.69) is 11.7 Å². The zero-order valence-corrected chi connectivity index (χ0v) is 17.5. The molecule has 0 aromatic rings. The molecule has 0 N–H and O–H groups in total. The molecule has 1 aliphatic rings. The van der Waals surface area contributed by atoms with Gasteiger partial charge in [-0.3, -0.25) is 9.59 Å². The zero-order chi connectivity index (χ0) is 21.3. The van der Waals surface area contributed by atoms with E-state index >= 15 is 0 Å². The fourth-order valence-corrected chi connectivity index (χ4v) is 2.49. The molecule has 1 rings (SSSR count). The molecule has 0 aromatic heterocycles. The minimum absolute atomic E-state index is 0.0197. The number of hydrogen-bond donors (Lipinski definition) is 0. The lowest BCUT2D eigenvalue weighted by Crippen LogP contribution is -2.37. The first kappa shape index (κ1) is 25.7. The van der Waals surface area contributed by atoms with Crippen LogP contribution in [0.2, 0.25) is 0 Å². The van der Waals surface area contributed by atoms with E-state index in [9.17, 15) is 22.8 Å². The maximum atomic E-state index is 12.0. The quantitative estimate of drug-likeness (QED) is 0.508. The lowest BCUT2D eigenvalue weighted by molar-refractivity contribution is -0.188. The predicted molar refractivity (Wildman–Crippen MR) is 98.1 cm³/mol. The van der Waals surface area contributed by atoms with Crippen LogP contribution >= 0.6 is 0 Å². The molecule has 4 nitrogen and oxygen atoms in total. The standard InChI is InChI=1S/C13H24O2.C7H11F3O2/c1-5-12(3,4)11(14)15-13(6-2)9-7-8-10-13;1-3-5(2)6(11)12-4-7(8,9)10/h5-10H2,1-4H3;5H,3-4H2,1-2H3. The van der Waals surface area contributed by atoms with E-state index in [0.717, 1.165) is 25.7 Å². The van der Waals surface area contributed by atoms with E-state index in [0.29, 0.717) is 6.42 Å². The number of esters is 2. The topological polar surface area (TPSA) is 52.6 Å². The lowest BCUT2D eigenvalue weighted by atomic mass is 9.89. The first-order valence-corrected chi connectivity index (χ1v) is 9.79. The molecule has 160 valence electrons. The summed E-state index contributed by atoms with van der Waals surface area (Å²) in [5.41, 5.74) is -0.464. The molecule has 0 amide bonds. The second-order valence-corrected chi connectivity index (χ2v) is 7.90. The Labute approximate surface area is 161 Å². The summed E-state index contributed by atoms with van der Waals surface area (Å²) in [6.45, 7) is 9.84. The van der Waals surface area contributed by atoms with E-state index in [-0.39, 0.29) is 17.0 Å². The van der Waals surface area contributed by atoms with Gasteiger partial charge in [0, 0.05) is 0 Å². The van der Waals surface area contributed by atoms with Gasteiger partial charge in [-0.2, -0.15) is 13.2 Å². The third kappa shape index (κ3) is 9.47. The third-order valence-corrected chi connectivity index (χ3v) is 5.30. The van der Waals surface area contributed by atoms with Crippen molar-refractivity contribution >= 4 is 11.9 Å². The van der Waals surface area contributed by atoms with E-state index < -0.39 is 24.7 Å². The second kappa shape index (κ2) is 10.9. The van der Waals surface area contributed by atoms with Crippen molar-refractivity contribution in [3.8, 4) is 0 Å². The fourth-order valence-electron chi connectivity index (χ4n) is 2.49. The average molecular weight is 396 g/mol. The monoisotopic (exact) mass is 396 g/mol.